The SMILES string of the molecule is CCCNC1CCc2c(OCc3nccn3C)cccc21. The van der Waals surface area contributed by atoms with E-state index in [9.17, 15) is 0 Å². The normalized spacial score (nSPS) is 17.0. The minimum absolute atomic E-state index is 0.483. The molecule has 21 heavy (non-hydrogen) atoms. The molecule has 4 heteroatoms. The first-order chi connectivity index (χ1) is 10.3. The molecule has 1 aromatic heterocycles. The molecule has 1 N–H and O–H groups in total. The number of hydrogen-bond acceptors (Lipinski definition) is 3. The van der Waals surface area contributed by atoms with E-state index >= 15 is 0 Å². The number of fused-ring (bicyclic) bond motifs is 1. The third-order valence-electron chi connectivity index (χ3n) is 4.15. The number of aryl methyl sites for hydroxylation is 1. The maximum Gasteiger partial charge on any atom is 0.146 e. The molecule has 1 heterocycles. The zero-order valence-corrected chi connectivity index (χ0v) is 12.8. The van der Waals surface area contributed by atoms with Crippen LogP contribution in [0.15, 0.2) is 30.6 Å². The van der Waals surface area contributed by atoms with E-state index in [0.717, 1.165) is 31.0 Å². The first-order valence-corrected chi connectivity index (χ1v) is 7.73. The van der Waals surface area contributed by atoms with Gasteiger partial charge in [-0.3, -0.25) is 0 Å². The number of nitrogens with one attached hydrogen (secondary N) is 1. The van der Waals surface area contributed by atoms with Crippen molar-refractivity contribution < 1.29 is 4.74 Å². The number of rotatable bonds is 6. The lowest BCUT2D eigenvalue weighted by Gasteiger charge is -2.14. The fourth-order valence-electron chi connectivity index (χ4n) is 2.96. The second-order valence-corrected chi connectivity index (χ2v) is 5.61. The Morgan fingerprint density at radius 1 is 1.43 bits per heavy atom. The van der Waals surface area contributed by atoms with Gasteiger partial charge in [0.15, 0.2) is 0 Å². The van der Waals surface area contributed by atoms with Gasteiger partial charge in [0.1, 0.15) is 18.2 Å². The summed E-state index contributed by atoms with van der Waals surface area (Å²) in [5, 5.41) is 3.62. The quantitative estimate of drug-likeness (QED) is 0.887. The van der Waals surface area contributed by atoms with Gasteiger partial charge in [0, 0.05) is 25.5 Å². The lowest BCUT2D eigenvalue weighted by Crippen LogP contribution is -2.19. The molecule has 0 aliphatic heterocycles. The third kappa shape index (κ3) is 2.95. The summed E-state index contributed by atoms with van der Waals surface area (Å²) in [6.07, 6.45) is 7.17. The topological polar surface area (TPSA) is 39.1 Å². The molecule has 0 amide bonds. The molecule has 1 unspecified atom stereocenters. The molecule has 4 nitrogen and oxygen atoms in total. The molecule has 1 aliphatic carbocycles. The predicted molar refractivity (Wildman–Crippen MR) is 83.3 cm³/mol. The van der Waals surface area contributed by atoms with E-state index < -0.39 is 0 Å². The number of benzene rings is 1. The van der Waals surface area contributed by atoms with Crippen LogP contribution in [-0.4, -0.2) is 16.1 Å². The summed E-state index contributed by atoms with van der Waals surface area (Å²) in [5.74, 6) is 1.96. The smallest absolute Gasteiger partial charge is 0.146 e. The molecule has 0 bridgehead atoms. The highest BCUT2D eigenvalue weighted by atomic mass is 16.5. The van der Waals surface area contributed by atoms with Crippen molar-refractivity contribution in [1.29, 1.82) is 0 Å². The summed E-state index contributed by atoms with van der Waals surface area (Å²) in [6, 6.07) is 6.88. The molecule has 0 saturated heterocycles. The van der Waals surface area contributed by atoms with Crippen molar-refractivity contribution in [2.75, 3.05) is 6.54 Å². The Kier molecular flexibility index (Phi) is 4.25. The van der Waals surface area contributed by atoms with Crippen LogP contribution in [0.4, 0.5) is 0 Å². The highest BCUT2D eigenvalue weighted by Gasteiger charge is 2.24. The minimum Gasteiger partial charge on any atom is -0.485 e. The van der Waals surface area contributed by atoms with Gasteiger partial charge in [-0.2, -0.15) is 0 Å². The van der Waals surface area contributed by atoms with Crippen LogP contribution in [0.3, 0.4) is 0 Å². The summed E-state index contributed by atoms with van der Waals surface area (Å²) < 4.78 is 8.01. The third-order valence-corrected chi connectivity index (χ3v) is 4.15. The molecule has 0 fully saturated rings. The maximum absolute atomic E-state index is 6.02. The van der Waals surface area contributed by atoms with Crippen molar-refractivity contribution >= 4 is 0 Å². The van der Waals surface area contributed by atoms with Crippen LogP contribution in [-0.2, 0) is 20.1 Å². The van der Waals surface area contributed by atoms with Crippen molar-refractivity contribution in [3.8, 4) is 5.75 Å². The first kappa shape index (κ1) is 14.1. The van der Waals surface area contributed by atoms with Gasteiger partial charge in [0.25, 0.3) is 0 Å². The Hall–Kier alpha value is -1.81. The van der Waals surface area contributed by atoms with Gasteiger partial charge in [0.2, 0.25) is 0 Å². The Bertz CT molecular complexity index is 606. The summed E-state index contributed by atoms with van der Waals surface area (Å²) in [6.45, 7) is 3.80. The summed E-state index contributed by atoms with van der Waals surface area (Å²) in [7, 11) is 1.99. The molecule has 1 aromatic carbocycles. The average Bonchev–Trinajstić information content (AvgIpc) is 3.09. The van der Waals surface area contributed by atoms with Crippen molar-refractivity contribution in [3.05, 3.63) is 47.5 Å². The van der Waals surface area contributed by atoms with Crippen LogP contribution in [0.1, 0.15) is 42.8 Å². The van der Waals surface area contributed by atoms with Crippen LogP contribution < -0.4 is 10.1 Å². The predicted octanol–water partition coefficient (Wildman–Crippen LogP) is 2.99. The second kappa shape index (κ2) is 6.31. The molecule has 0 radical (unpaired) electrons. The van der Waals surface area contributed by atoms with E-state index in [1.54, 1.807) is 6.20 Å². The highest BCUT2D eigenvalue weighted by Crippen LogP contribution is 2.37. The van der Waals surface area contributed by atoms with Gasteiger partial charge >= 0.3 is 0 Å². The molecular weight excluding hydrogens is 262 g/mol. The number of hydrogen-bond donors (Lipinski definition) is 1. The molecular formula is C17H23N3O. The Morgan fingerprint density at radius 2 is 2.33 bits per heavy atom. The van der Waals surface area contributed by atoms with Gasteiger partial charge in [-0.15, -0.1) is 0 Å². The molecule has 1 aliphatic rings. The van der Waals surface area contributed by atoms with Gasteiger partial charge in [0.05, 0.1) is 0 Å². The summed E-state index contributed by atoms with van der Waals surface area (Å²) >= 11 is 0. The van der Waals surface area contributed by atoms with Crippen molar-refractivity contribution in [2.24, 2.45) is 7.05 Å². The van der Waals surface area contributed by atoms with Gasteiger partial charge < -0.3 is 14.6 Å². The molecule has 2 aromatic rings. The monoisotopic (exact) mass is 285 g/mol. The van der Waals surface area contributed by atoms with Crippen molar-refractivity contribution in [1.82, 2.24) is 14.9 Å². The lowest BCUT2D eigenvalue weighted by atomic mass is 10.1. The zero-order chi connectivity index (χ0) is 14.7. The fraction of sp³-hybridized carbons (Fsp3) is 0.471. The Morgan fingerprint density at radius 3 is 3.10 bits per heavy atom. The van der Waals surface area contributed by atoms with Crippen LogP contribution in [0.2, 0.25) is 0 Å². The Labute approximate surface area is 126 Å². The average molecular weight is 285 g/mol. The number of nitrogens with zero attached hydrogens (tertiary/aromatic N) is 2. The van der Waals surface area contributed by atoms with Crippen LogP contribution in [0, 0.1) is 0 Å². The van der Waals surface area contributed by atoms with Crippen molar-refractivity contribution in [3.63, 3.8) is 0 Å². The van der Waals surface area contributed by atoms with E-state index in [2.05, 4.69) is 35.4 Å². The standard InChI is InChI=1S/C17H23N3O/c1-3-9-18-15-8-7-14-13(15)5-4-6-16(14)21-12-17-19-10-11-20(17)2/h4-6,10-11,15,18H,3,7-9,12H2,1-2H3. The second-order valence-electron chi connectivity index (χ2n) is 5.61. The molecule has 3 rings (SSSR count). The van der Waals surface area contributed by atoms with Gasteiger partial charge in [-0.05, 0) is 43.0 Å². The Balaban J connectivity index is 1.73. The van der Waals surface area contributed by atoms with Crippen LogP contribution >= 0.6 is 0 Å². The molecule has 0 saturated carbocycles. The highest BCUT2D eigenvalue weighted by molar-refractivity contribution is 5.45. The van der Waals surface area contributed by atoms with Crippen LogP contribution in [0.25, 0.3) is 0 Å². The largest absolute Gasteiger partial charge is 0.485 e. The minimum atomic E-state index is 0.483. The van der Waals surface area contributed by atoms with E-state index in [1.807, 2.05) is 17.8 Å². The van der Waals surface area contributed by atoms with Crippen LogP contribution in [0.5, 0.6) is 5.75 Å². The summed E-state index contributed by atoms with van der Waals surface area (Å²) in [4.78, 5) is 4.31. The van der Waals surface area contributed by atoms with Gasteiger partial charge in [-0.1, -0.05) is 19.1 Å². The van der Waals surface area contributed by atoms with Crippen molar-refractivity contribution in [2.45, 2.75) is 38.8 Å². The number of ether oxygens (including phenoxy) is 1. The van der Waals surface area contributed by atoms with E-state index in [0.29, 0.717) is 12.6 Å². The van der Waals surface area contributed by atoms with E-state index in [-0.39, 0.29) is 0 Å². The first-order valence-electron chi connectivity index (χ1n) is 7.73. The molecule has 1 atom stereocenters. The molecule has 0 spiro atoms. The lowest BCUT2D eigenvalue weighted by molar-refractivity contribution is 0.289. The zero-order valence-electron chi connectivity index (χ0n) is 12.8. The maximum atomic E-state index is 6.02. The van der Waals surface area contributed by atoms with E-state index in [4.69, 9.17) is 4.74 Å². The van der Waals surface area contributed by atoms with Gasteiger partial charge in [-0.25, -0.2) is 4.98 Å². The number of aromatic nitrogens is 2. The van der Waals surface area contributed by atoms with E-state index in [1.165, 1.54) is 17.5 Å². The summed E-state index contributed by atoms with van der Waals surface area (Å²) in [5.41, 5.74) is 2.76. The fourth-order valence-corrected chi connectivity index (χ4v) is 2.96. The molecule has 112 valence electrons. The number of imidazole rings is 1.